The first-order chi connectivity index (χ1) is 13.4. The Morgan fingerprint density at radius 3 is 1.59 bits per heavy atom. The van der Waals surface area contributed by atoms with Gasteiger partial charge in [0.25, 0.3) is 0 Å². The summed E-state index contributed by atoms with van der Waals surface area (Å²) in [6.07, 6.45) is 0.378. The van der Waals surface area contributed by atoms with Gasteiger partial charge in [-0.15, -0.1) is 0 Å². The van der Waals surface area contributed by atoms with Crippen LogP contribution in [0.2, 0.25) is 0 Å². The van der Waals surface area contributed by atoms with Gasteiger partial charge in [0.1, 0.15) is 0 Å². The van der Waals surface area contributed by atoms with Crippen LogP contribution in [0, 0.1) is 11.3 Å². The van der Waals surface area contributed by atoms with Crippen LogP contribution in [0.1, 0.15) is 5.56 Å². The molecule has 1 nitrogen and oxygen atoms in total. The van der Waals surface area contributed by atoms with Gasteiger partial charge in [0.2, 0.25) is 0 Å². The molecule has 0 saturated heterocycles. The smallest absolute Gasteiger partial charge is 0.0670 e. The summed E-state index contributed by atoms with van der Waals surface area (Å²) in [5, 5.41) is 9.50. The molecule has 0 bridgehead atoms. The van der Waals surface area contributed by atoms with E-state index in [-0.39, 0.29) is 0 Å². The van der Waals surface area contributed by atoms with E-state index in [1.807, 2.05) is 24.3 Å². The SMILES string of the molecule is N#CCc1c(-c2ccccc2)cccc1-c1ccccc1-c1ccccc1. The van der Waals surface area contributed by atoms with Gasteiger partial charge >= 0.3 is 0 Å². The zero-order valence-electron chi connectivity index (χ0n) is 15.0. The number of hydrogen-bond acceptors (Lipinski definition) is 1. The largest absolute Gasteiger partial charge is 0.198 e. The number of hydrogen-bond donors (Lipinski definition) is 0. The van der Waals surface area contributed by atoms with E-state index in [2.05, 4.69) is 84.9 Å². The second-order valence-corrected chi connectivity index (χ2v) is 6.44. The summed E-state index contributed by atoms with van der Waals surface area (Å²) in [6.45, 7) is 0. The van der Waals surface area contributed by atoms with Crippen molar-refractivity contribution in [3.8, 4) is 39.4 Å². The first-order valence-electron chi connectivity index (χ1n) is 9.07. The molecule has 27 heavy (non-hydrogen) atoms. The van der Waals surface area contributed by atoms with E-state index in [9.17, 15) is 5.26 Å². The molecule has 0 spiro atoms. The molecule has 0 amide bonds. The highest BCUT2D eigenvalue weighted by atomic mass is 14.2. The fraction of sp³-hybridized carbons (Fsp3) is 0.0385. The van der Waals surface area contributed by atoms with Gasteiger partial charge < -0.3 is 0 Å². The maximum atomic E-state index is 9.50. The summed E-state index contributed by atoms with van der Waals surface area (Å²) in [5.41, 5.74) is 7.99. The van der Waals surface area contributed by atoms with E-state index in [1.165, 1.54) is 11.1 Å². The quantitative estimate of drug-likeness (QED) is 0.401. The highest BCUT2D eigenvalue weighted by Gasteiger charge is 2.14. The van der Waals surface area contributed by atoms with Crippen molar-refractivity contribution >= 4 is 0 Å². The maximum Gasteiger partial charge on any atom is 0.0670 e. The number of rotatable bonds is 4. The second-order valence-electron chi connectivity index (χ2n) is 6.44. The monoisotopic (exact) mass is 345 g/mol. The average Bonchev–Trinajstić information content (AvgIpc) is 2.75. The summed E-state index contributed by atoms with van der Waals surface area (Å²) in [6, 6.07) is 37.8. The molecular weight excluding hydrogens is 326 g/mol. The Balaban J connectivity index is 1.95. The predicted molar refractivity (Wildman–Crippen MR) is 112 cm³/mol. The van der Waals surface area contributed by atoms with E-state index in [0.717, 1.165) is 27.8 Å². The fourth-order valence-corrected chi connectivity index (χ4v) is 3.58. The van der Waals surface area contributed by atoms with Crippen LogP contribution < -0.4 is 0 Å². The molecule has 0 radical (unpaired) electrons. The Labute approximate surface area is 160 Å². The molecule has 0 saturated carbocycles. The van der Waals surface area contributed by atoms with Gasteiger partial charge in [0.05, 0.1) is 12.5 Å². The van der Waals surface area contributed by atoms with Crippen molar-refractivity contribution in [2.75, 3.05) is 0 Å². The topological polar surface area (TPSA) is 23.8 Å². The molecule has 0 aliphatic heterocycles. The molecule has 0 aliphatic rings. The molecule has 0 atom stereocenters. The number of nitriles is 1. The molecule has 4 aromatic rings. The van der Waals surface area contributed by atoms with E-state index in [1.54, 1.807) is 0 Å². The summed E-state index contributed by atoms with van der Waals surface area (Å²) < 4.78 is 0. The van der Waals surface area contributed by atoms with Crippen molar-refractivity contribution in [3.05, 3.63) is 109 Å². The highest BCUT2D eigenvalue weighted by Crippen LogP contribution is 2.37. The zero-order chi connectivity index (χ0) is 18.5. The minimum atomic E-state index is 0.378. The van der Waals surface area contributed by atoms with E-state index < -0.39 is 0 Å². The lowest BCUT2D eigenvalue weighted by Crippen LogP contribution is -1.95. The van der Waals surface area contributed by atoms with Crippen molar-refractivity contribution in [1.29, 1.82) is 5.26 Å². The first-order valence-corrected chi connectivity index (χ1v) is 9.07. The van der Waals surface area contributed by atoms with E-state index in [4.69, 9.17) is 0 Å². The summed E-state index contributed by atoms with van der Waals surface area (Å²) in [5.74, 6) is 0. The number of nitrogens with zero attached hydrogens (tertiary/aromatic N) is 1. The molecular formula is C26H19N. The Morgan fingerprint density at radius 1 is 0.481 bits per heavy atom. The molecule has 128 valence electrons. The van der Waals surface area contributed by atoms with Gasteiger partial charge in [0.15, 0.2) is 0 Å². The van der Waals surface area contributed by atoms with Crippen LogP contribution in [0.3, 0.4) is 0 Å². The lowest BCUT2D eigenvalue weighted by molar-refractivity contribution is 1.26. The summed E-state index contributed by atoms with van der Waals surface area (Å²) in [4.78, 5) is 0. The minimum Gasteiger partial charge on any atom is -0.198 e. The van der Waals surface area contributed by atoms with Gasteiger partial charge in [-0.3, -0.25) is 0 Å². The Hall–Kier alpha value is -3.63. The summed E-state index contributed by atoms with van der Waals surface area (Å²) >= 11 is 0. The molecule has 0 fully saturated rings. The molecule has 0 N–H and O–H groups in total. The third kappa shape index (κ3) is 3.38. The lowest BCUT2D eigenvalue weighted by atomic mass is 9.87. The second kappa shape index (κ2) is 7.72. The molecule has 1 heteroatoms. The predicted octanol–water partition coefficient (Wildman–Crippen LogP) is 6.75. The molecule has 4 aromatic carbocycles. The first kappa shape index (κ1) is 16.8. The molecule has 0 unspecified atom stereocenters. The van der Waals surface area contributed by atoms with E-state index in [0.29, 0.717) is 6.42 Å². The minimum absolute atomic E-state index is 0.378. The van der Waals surface area contributed by atoms with Crippen molar-refractivity contribution < 1.29 is 0 Å². The van der Waals surface area contributed by atoms with Gasteiger partial charge in [0, 0.05) is 0 Å². The van der Waals surface area contributed by atoms with Gasteiger partial charge in [-0.05, 0) is 38.9 Å². The highest BCUT2D eigenvalue weighted by molar-refractivity contribution is 5.88. The van der Waals surface area contributed by atoms with Gasteiger partial charge in [-0.25, -0.2) is 0 Å². The third-order valence-electron chi connectivity index (χ3n) is 4.82. The van der Waals surface area contributed by atoms with Crippen molar-refractivity contribution in [2.24, 2.45) is 0 Å². The summed E-state index contributed by atoms with van der Waals surface area (Å²) in [7, 11) is 0. The van der Waals surface area contributed by atoms with E-state index >= 15 is 0 Å². The van der Waals surface area contributed by atoms with Crippen LogP contribution in [0.5, 0.6) is 0 Å². The molecule has 0 aliphatic carbocycles. The van der Waals surface area contributed by atoms with Crippen molar-refractivity contribution in [1.82, 2.24) is 0 Å². The van der Waals surface area contributed by atoms with Crippen LogP contribution in [0.4, 0.5) is 0 Å². The van der Waals surface area contributed by atoms with Gasteiger partial charge in [-0.2, -0.15) is 5.26 Å². The van der Waals surface area contributed by atoms with Crippen LogP contribution in [0.15, 0.2) is 103 Å². The normalized spacial score (nSPS) is 10.3. The number of benzene rings is 4. The van der Waals surface area contributed by atoms with Crippen LogP contribution in [0.25, 0.3) is 33.4 Å². The standard InChI is InChI=1S/C26H19N/c27-19-18-26-23(21-12-5-2-6-13-21)16-9-17-25(26)24-15-8-7-14-22(24)20-10-3-1-4-11-20/h1-17H,18H2. The molecule has 0 heterocycles. The zero-order valence-corrected chi connectivity index (χ0v) is 15.0. The van der Waals surface area contributed by atoms with Crippen molar-refractivity contribution in [2.45, 2.75) is 6.42 Å². The Morgan fingerprint density at radius 2 is 0.963 bits per heavy atom. The third-order valence-corrected chi connectivity index (χ3v) is 4.82. The molecule has 0 aromatic heterocycles. The van der Waals surface area contributed by atoms with Crippen LogP contribution in [-0.4, -0.2) is 0 Å². The lowest BCUT2D eigenvalue weighted by Gasteiger charge is -2.16. The molecule has 4 rings (SSSR count). The van der Waals surface area contributed by atoms with Crippen LogP contribution >= 0.6 is 0 Å². The fourth-order valence-electron chi connectivity index (χ4n) is 3.58. The Bertz CT molecular complexity index is 1090. The maximum absolute atomic E-state index is 9.50. The van der Waals surface area contributed by atoms with Gasteiger partial charge in [-0.1, -0.05) is 103 Å². The van der Waals surface area contributed by atoms with Crippen molar-refractivity contribution in [3.63, 3.8) is 0 Å². The average molecular weight is 345 g/mol. The van der Waals surface area contributed by atoms with Crippen LogP contribution in [-0.2, 0) is 6.42 Å². The Kier molecular flexibility index (Phi) is 4.81.